The maximum Gasteiger partial charge on any atom is 0.243 e. The number of carbonyl (C=O) groups is 1. The molecule has 3 aromatic rings. The molecule has 0 unspecified atom stereocenters. The van der Waals surface area contributed by atoms with Crippen LogP contribution < -0.4 is 4.31 Å². The van der Waals surface area contributed by atoms with Crippen LogP contribution in [0.1, 0.15) is 37.5 Å². The van der Waals surface area contributed by atoms with Gasteiger partial charge in [-0.25, -0.2) is 8.42 Å². The highest BCUT2D eigenvalue weighted by Gasteiger charge is 2.25. The van der Waals surface area contributed by atoms with Gasteiger partial charge < -0.3 is 4.90 Å². The predicted molar refractivity (Wildman–Crippen MR) is 134 cm³/mol. The lowest BCUT2D eigenvalue weighted by Crippen LogP contribution is -2.42. The summed E-state index contributed by atoms with van der Waals surface area (Å²) in [6, 6.07) is 26.8. The van der Waals surface area contributed by atoms with E-state index in [-0.39, 0.29) is 17.9 Å². The Hall–Kier alpha value is -3.12. The Labute approximate surface area is 197 Å². The van der Waals surface area contributed by atoms with Crippen molar-refractivity contribution in [2.24, 2.45) is 0 Å². The van der Waals surface area contributed by atoms with Gasteiger partial charge in [-0.15, -0.1) is 0 Å². The number of sulfonamides is 1. The van der Waals surface area contributed by atoms with Gasteiger partial charge in [-0.1, -0.05) is 93.6 Å². The molecule has 33 heavy (non-hydrogen) atoms. The summed E-state index contributed by atoms with van der Waals surface area (Å²) < 4.78 is 26.5. The van der Waals surface area contributed by atoms with E-state index in [0.717, 1.165) is 22.9 Å². The summed E-state index contributed by atoms with van der Waals surface area (Å²) in [5.41, 5.74) is 3.51. The van der Waals surface area contributed by atoms with Crippen LogP contribution in [0.25, 0.3) is 0 Å². The van der Waals surface area contributed by atoms with Gasteiger partial charge in [0.2, 0.25) is 15.9 Å². The molecule has 0 radical (unpaired) electrons. The lowest BCUT2D eigenvalue weighted by atomic mass is 9.87. The third-order valence-electron chi connectivity index (χ3n) is 5.49. The standard InChI is InChI=1S/C27H32N2O3S/c1-27(2,3)24-15-17-25(18-16-24)29(33(4,31)32)21-26(30)28(19-22-11-7-5-8-12-22)20-23-13-9-6-10-14-23/h5-18H,19-21H2,1-4H3. The molecule has 0 heterocycles. The largest absolute Gasteiger partial charge is 0.332 e. The molecule has 0 aromatic heterocycles. The van der Waals surface area contributed by atoms with Crippen molar-refractivity contribution in [1.82, 2.24) is 4.90 Å². The molecular weight excluding hydrogens is 432 g/mol. The Bertz CT molecular complexity index is 1110. The van der Waals surface area contributed by atoms with E-state index < -0.39 is 10.0 Å². The molecule has 3 rings (SSSR count). The van der Waals surface area contributed by atoms with Crippen molar-refractivity contribution in [3.63, 3.8) is 0 Å². The van der Waals surface area contributed by atoms with E-state index in [4.69, 9.17) is 0 Å². The number of hydrogen-bond donors (Lipinski definition) is 0. The van der Waals surface area contributed by atoms with Crippen LogP contribution in [0.15, 0.2) is 84.9 Å². The third kappa shape index (κ3) is 6.93. The molecule has 1 amide bonds. The van der Waals surface area contributed by atoms with Crippen LogP contribution in [-0.4, -0.2) is 32.0 Å². The van der Waals surface area contributed by atoms with Crippen molar-refractivity contribution in [3.8, 4) is 0 Å². The first kappa shape index (κ1) is 24.5. The average molecular weight is 465 g/mol. The quantitative estimate of drug-likeness (QED) is 0.472. The van der Waals surface area contributed by atoms with Gasteiger partial charge >= 0.3 is 0 Å². The number of hydrogen-bond acceptors (Lipinski definition) is 3. The number of rotatable bonds is 8. The molecular formula is C27H32N2O3S. The number of carbonyl (C=O) groups excluding carboxylic acids is 1. The number of anilines is 1. The van der Waals surface area contributed by atoms with Gasteiger partial charge in [0.05, 0.1) is 11.9 Å². The lowest BCUT2D eigenvalue weighted by Gasteiger charge is -2.28. The molecule has 0 saturated carbocycles. The van der Waals surface area contributed by atoms with Gasteiger partial charge in [-0.3, -0.25) is 9.10 Å². The fraction of sp³-hybridized carbons (Fsp3) is 0.296. The minimum Gasteiger partial charge on any atom is -0.332 e. The van der Waals surface area contributed by atoms with E-state index in [1.54, 1.807) is 17.0 Å². The molecule has 6 heteroatoms. The summed E-state index contributed by atoms with van der Waals surface area (Å²) in [6.07, 6.45) is 1.14. The van der Waals surface area contributed by atoms with Crippen molar-refractivity contribution in [3.05, 3.63) is 102 Å². The molecule has 0 N–H and O–H groups in total. The Kier molecular flexibility index (Phi) is 7.59. The van der Waals surface area contributed by atoms with Crippen LogP contribution in [0.5, 0.6) is 0 Å². The second kappa shape index (κ2) is 10.2. The summed E-state index contributed by atoms with van der Waals surface area (Å²) in [5, 5.41) is 0. The fourth-order valence-corrected chi connectivity index (χ4v) is 4.44. The van der Waals surface area contributed by atoms with Gasteiger partial charge in [0, 0.05) is 13.1 Å². The summed E-state index contributed by atoms with van der Waals surface area (Å²) in [5.74, 6) is -0.256. The molecule has 0 atom stereocenters. The van der Waals surface area contributed by atoms with E-state index in [0.29, 0.717) is 18.8 Å². The number of amides is 1. The van der Waals surface area contributed by atoms with Crippen LogP contribution in [0.3, 0.4) is 0 Å². The summed E-state index contributed by atoms with van der Waals surface area (Å²) in [6.45, 7) is 6.85. The molecule has 0 aliphatic heterocycles. The lowest BCUT2D eigenvalue weighted by molar-refractivity contribution is -0.130. The minimum absolute atomic E-state index is 0.0492. The molecule has 0 aliphatic rings. The minimum atomic E-state index is -3.65. The molecule has 0 saturated heterocycles. The van der Waals surface area contributed by atoms with E-state index in [2.05, 4.69) is 20.8 Å². The molecule has 0 spiro atoms. The van der Waals surface area contributed by atoms with E-state index >= 15 is 0 Å². The fourth-order valence-electron chi connectivity index (χ4n) is 3.59. The molecule has 3 aromatic carbocycles. The molecule has 5 nitrogen and oxygen atoms in total. The van der Waals surface area contributed by atoms with Crippen molar-refractivity contribution < 1.29 is 13.2 Å². The molecule has 0 fully saturated rings. The number of benzene rings is 3. The normalized spacial score (nSPS) is 11.8. The SMILES string of the molecule is CC(C)(C)c1ccc(N(CC(=O)N(Cc2ccccc2)Cc2ccccc2)S(C)(=O)=O)cc1. The maximum atomic E-state index is 13.4. The monoisotopic (exact) mass is 464 g/mol. The maximum absolute atomic E-state index is 13.4. The molecule has 174 valence electrons. The first-order valence-electron chi connectivity index (χ1n) is 11.0. The summed E-state index contributed by atoms with van der Waals surface area (Å²) in [7, 11) is -3.65. The van der Waals surface area contributed by atoms with E-state index in [1.165, 1.54) is 4.31 Å². The van der Waals surface area contributed by atoms with Crippen LogP contribution in [0.4, 0.5) is 5.69 Å². The van der Waals surface area contributed by atoms with Crippen molar-refractivity contribution >= 4 is 21.6 Å². The zero-order valence-electron chi connectivity index (χ0n) is 19.7. The van der Waals surface area contributed by atoms with E-state index in [1.807, 2.05) is 72.8 Å². The Morgan fingerprint density at radius 2 is 1.21 bits per heavy atom. The van der Waals surface area contributed by atoms with Crippen LogP contribution in [0.2, 0.25) is 0 Å². The summed E-state index contributed by atoms with van der Waals surface area (Å²) in [4.78, 5) is 15.1. The van der Waals surface area contributed by atoms with Gasteiger partial charge in [0.25, 0.3) is 0 Å². The smallest absolute Gasteiger partial charge is 0.243 e. The zero-order valence-corrected chi connectivity index (χ0v) is 20.5. The highest BCUT2D eigenvalue weighted by molar-refractivity contribution is 7.92. The zero-order chi connectivity index (χ0) is 24.1. The Morgan fingerprint density at radius 1 is 0.758 bits per heavy atom. The highest BCUT2D eigenvalue weighted by atomic mass is 32.2. The first-order valence-corrected chi connectivity index (χ1v) is 12.8. The van der Waals surface area contributed by atoms with Gasteiger partial charge in [-0.2, -0.15) is 0 Å². The van der Waals surface area contributed by atoms with Crippen molar-refractivity contribution in [2.45, 2.75) is 39.3 Å². The van der Waals surface area contributed by atoms with Gasteiger partial charge in [0.1, 0.15) is 6.54 Å². The first-order chi connectivity index (χ1) is 15.5. The van der Waals surface area contributed by atoms with Crippen LogP contribution >= 0.6 is 0 Å². The molecule has 0 aliphatic carbocycles. The summed E-state index contributed by atoms with van der Waals surface area (Å²) >= 11 is 0. The van der Waals surface area contributed by atoms with Crippen molar-refractivity contribution in [2.75, 3.05) is 17.1 Å². The van der Waals surface area contributed by atoms with Gasteiger partial charge in [-0.05, 0) is 34.2 Å². The second-order valence-electron chi connectivity index (χ2n) is 9.29. The van der Waals surface area contributed by atoms with Crippen LogP contribution in [-0.2, 0) is 33.3 Å². The van der Waals surface area contributed by atoms with E-state index in [9.17, 15) is 13.2 Å². The van der Waals surface area contributed by atoms with Crippen LogP contribution in [0, 0.1) is 0 Å². The second-order valence-corrected chi connectivity index (χ2v) is 11.2. The highest BCUT2D eigenvalue weighted by Crippen LogP contribution is 2.26. The average Bonchev–Trinajstić information content (AvgIpc) is 2.77. The topological polar surface area (TPSA) is 57.7 Å². The predicted octanol–water partition coefficient (Wildman–Crippen LogP) is 4.98. The third-order valence-corrected chi connectivity index (χ3v) is 6.63. The Balaban J connectivity index is 1.87. The van der Waals surface area contributed by atoms with Crippen molar-refractivity contribution in [1.29, 1.82) is 0 Å². The Morgan fingerprint density at radius 3 is 1.61 bits per heavy atom. The van der Waals surface area contributed by atoms with Gasteiger partial charge in [0.15, 0.2) is 0 Å². The molecule has 0 bridgehead atoms. The number of nitrogens with zero attached hydrogens (tertiary/aromatic N) is 2.